The summed E-state index contributed by atoms with van der Waals surface area (Å²) in [5, 5.41) is 0. The maximum atomic E-state index is 12.3. The first kappa shape index (κ1) is 23.6. The van der Waals surface area contributed by atoms with Crippen LogP contribution in [0.3, 0.4) is 0 Å². The van der Waals surface area contributed by atoms with Crippen LogP contribution in [0.15, 0.2) is 54.1 Å². The third-order valence-corrected chi connectivity index (χ3v) is 5.42. The van der Waals surface area contributed by atoms with Crippen molar-refractivity contribution in [2.75, 3.05) is 33.9 Å². The molecule has 1 saturated heterocycles. The van der Waals surface area contributed by atoms with Gasteiger partial charge in [0.15, 0.2) is 0 Å². The Bertz CT molecular complexity index is 862. The number of carbonyl (C=O) groups excluding carboxylic acids is 1. The minimum Gasteiger partial charge on any atom is -0.497 e. The predicted molar refractivity (Wildman–Crippen MR) is 124 cm³/mol. The largest absolute Gasteiger partial charge is 0.497 e. The van der Waals surface area contributed by atoms with Crippen molar-refractivity contribution in [1.82, 2.24) is 4.90 Å². The molecule has 2 aromatic rings. The molecule has 0 radical (unpaired) electrons. The van der Waals surface area contributed by atoms with Gasteiger partial charge in [0.25, 0.3) is 0 Å². The highest BCUT2D eigenvalue weighted by Crippen LogP contribution is 2.34. The van der Waals surface area contributed by atoms with E-state index in [1.807, 2.05) is 48.5 Å². The lowest BCUT2D eigenvalue weighted by atomic mass is 9.88. The lowest BCUT2D eigenvalue weighted by Gasteiger charge is -2.30. The van der Waals surface area contributed by atoms with E-state index in [9.17, 15) is 4.79 Å². The van der Waals surface area contributed by atoms with Gasteiger partial charge in [-0.1, -0.05) is 64.6 Å². The molecule has 0 N–H and O–H groups in total. The van der Waals surface area contributed by atoms with Crippen LogP contribution in [0.4, 0.5) is 4.79 Å². The summed E-state index contributed by atoms with van der Waals surface area (Å²) in [5.41, 5.74) is 4.60. The molecule has 0 atom stereocenters. The standard InChI is InChI=1S/C23H24Cl3NO4/c1-29-19-7-3-16(4-8-19)21(17-5-9-20(30-2)10-6-17)18-11-13-27(14-12-18)22(28)31-15-23(24,25)26/h3-10H,11-15H2,1-2H3. The van der Waals surface area contributed by atoms with Crippen LogP contribution < -0.4 is 9.47 Å². The van der Waals surface area contributed by atoms with E-state index in [1.54, 1.807) is 19.1 Å². The number of amides is 1. The number of likely N-dealkylation sites (tertiary alicyclic amines) is 1. The van der Waals surface area contributed by atoms with Crippen molar-refractivity contribution in [3.8, 4) is 11.5 Å². The Kier molecular flexibility index (Phi) is 7.98. The van der Waals surface area contributed by atoms with E-state index in [4.69, 9.17) is 49.0 Å². The number of halogens is 3. The molecule has 166 valence electrons. The molecule has 5 nitrogen and oxygen atoms in total. The number of rotatable bonds is 5. The smallest absolute Gasteiger partial charge is 0.409 e. The van der Waals surface area contributed by atoms with E-state index in [2.05, 4.69) is 0 Å². The maximum absolute atomic E-state index is 12.3. The highest BCUT2D eigenvalue weighted by molar-refractivity contribution is 6.67. The Hall–Kier alpha value is -2.08. The molecule has 0 unspecified atom stereocenters. The summed E-state index contributed by atoms with van der Waals surface area (Å²) < 4.78 is 14.1. The van der Waals surface area contributed by atoms with Crippen LogP contribution in [-0.2, 0) is 4.74 Å². The average molecular weight is 485 g/mol. The van der Waals surface area contributed by atoms with Gasteiger partial charge in [-0.2, -0.15) is 0 Å². The minimum atomic E-state index is -1.62. The quantitative estimate of drug-likeness (QED) is 0.481. The number of carbonyl (C=O) groups is 1. The van der Waals surface area contributed by atoms with E-state index in [0.717, 1.165) is 41.0 Å². The molecular weight excluding hydrogens is 461 g/mol. The van der Waals surface area contributed by atoms with Gasteiger partial charge in [-0.05, 0) is 53.8 Å². The van der Waals surface area contributed by atoms with Crippen LogP contribution in [0, 0.1) is 0 Å². The number of alkyl halides is 3. The van der Waals surface area contributed by atoms with Gasteiger partial charge in [-0.3, -0.25) is 0 Å². The second-order valence-electron chi connectivity index (χ2n) is 7.09. The zero-order valence-electron chi connectivity index (χ0n) is 17.4. The Morgan fingerprint density at radius 2 is 1.32 bits per heavy atom. The molecule has 1 fully saturated rings. The summed E-state index contributed by atoms with van der Waals surface area (Å²) >= 11 is 17.0. The van der Waals surface area contributed by atoms with Crippen molar-refractivity contribution in [3.05, 3.63) is 65.2 Å². The van der Waals surface area contributed by atoms with Crippen molar-refractivity contribution in [3.63, 3.8) is 0 Å². The van der Waals surface area contributed by atoms with Crippen molar-refractivity contribution in [2.45, 2.75) is 16.6 Å². The topological polar surface area (TPSA) is 48.0 Å². The zero-order chi connectivity index (χ0) is 22.4. The molecule has 2 aromatic carbocycles. The monoisotopic (exact) mass is 483 g/mol. The maximum Gasteiger partial charge on any atom is 0.409 e. The first-order valence-electron chi connectivity index (χ1n) is 9.80. The number of methoxy groups -OCH3 is 2. The summed E-state index contributed by atoms with van der Waals surface area (Å²) in [6.07, 6.45) is 0.966. The van der Waals surface area contributed by atoms with E-state index in [1.165, 1.54) is 5.57 Å². The first-order valence-corrected chi connectivity index (χ1v) is 10.9. The van der Waals surface area contributed by atoms with E-state index in [0.29, 0.717) is 13.1 Å². The molecular formula is C23H24Cl3NO4. The molecule has 1 heterocycles. The summed E-state index contributed by atoms with van der Waals surface area (Å²) in [7, 11) is 3.30. The Morgan fingerprint density at radius 1 is 0.871 bits per heavy atom. The van der Waals surface area contributed by atoms with E-state index < -0.39 is 9.89 Å². The average Bonchev–Trinajstić information content (AvgIpc) is 2.78. The second-order valence-corrected chi connectivity index (χ2v) is 9.61. The summed E-state index contributed by atoms with van der Waals surface area (Å²) in [6, 6.07) is 16.0. The van der Waals surface area contributed by atoms with Crippen molar-refractivity contribution >= 4 is 46.5 Å². The van der Waals surface area contributed by atoms with Crippen LogP contribution in [0.5, 0.6) is 11.5 Å². The minimum absolute atomic E-state index is 0.279. The Morgan fingerprint density at radius 3 is 1.71 bits per heavy atom. The van der Waals surface area contributed by atoms with Gasteiger partial charge in [0, 0.05) is 13.1 Å². The molecule has 0 bridgehead atoms. The highest BCUT2D eigenvalue weighted by atomic mass is 35.6. The van der Waals surface area contributed by atoms with Gasteiger partial charge in [-0.25, -0.2) is 4.79 Å². The van der Waals surface area contributed by atoms with Crippen molar-refractivity contribution in [2.24, 2.45) is 0 Å². The third kappa shape index (κ3) is 6.45. The van der Waals surface area contributed by atoms with Crippen molar-refractivity contribution < 1.29 is 19.0 Å². The number of ether oxygens (including phenoxy) is 3. The highest BCUT2D eigenvalue weighted by Gasteiger charge is 2.27. The Labute approximate surface area is 197 Å². The van der Waals surface area contributed by atoms with Crippen LogP contribution in [-0.4, -0.2) is 48.7 Å². The fourth-order valence-corrected chi connectivity index (χ4v) is 3.70. The lowest BCUT2D eigenvalue weighted by Crippen LogP contribution is -2.38. The fourth-order valence-electron chi connectivity index (χ4n) is 3.53. The SMILES string of the molecule is COc1ccc(C(=C2CCN(C(=O)OCC(Cl)(Cl)Cl)CC2)c2ccc(OC)cc2)cc1. The summed E-state index contributed by atoms with van der Waals surface area (Å²) in [5.74, 6) is 1.60. The molecule has 1 aliphatic heterocycles. The number of hydrogen-bond donors (Lipinski definition) is 0. The first-order chi connectivity index (χ1) is 14.8. The molecule has 0 aromatic heterocycles. The number of nitrogens with zero attached hydrogens (tertiary/aromatic N) is 1. The van der Waals surface area contributed by atoms with Gasteiger partial charge in [0.05, 0.1) is 14.2 Å². The lowest BCUT2D eigenvalue weighted by molar-refractivity contribution is 0.101. The van der Waals surface area contributed by atoms with Crippen LogP contribution in [0.2, 0.25) is 0 Å². The van der Waals surface area contributed by atoms with E-state index >= 15 is 0 Å². The third-order valence-electron chi connectivity index (χ3n) is 5.10. The molecule has 31 heavy (non-hydrogen) atoms. The number of hydrogen-bond acceptors (Lipinski definition) is 4. The molecule has 1 aliphatic rings. The van der Waals surface area contributed by atoms with Gasteiger partial charge < -0.3 is 19.1 Å². The molecule has 8 heteroatoms. The van der Waals surface area contributed by atoms with Crippen LogP contribution in [0.25, 0.3) is 5.57 Å². The van der Waals surface area contributed by atoms with E-state index in [-0.39, 0.29) is 6.61 Å². The van der Waals surface area contributed by atoms with Gasteiger partial charge in [-0.15, -0.1) is 0 Å². The fraction of sp³-hybridized carbons (Fsp3) is 0.348. The van der Waals surface area contributed by atoms with Crippen LogP contribution >= 0.6 is 34.8 Å². The molecule has 0 spiro atoms. The van der Waals surface area contributed by atoms with Gasteiger partial charge >= 0.3 is 6.09 Å². The van der Waals surface area contributed by atoms with Crippen LogP contribution in [0.1, 0.15) is 24.0 Å². The molecule has 3 rings (SSSR count). The normalized spacial score (nSPS) is 14.2. The molecule has 0 saturated carbocycles. The number of benzene rings is 2. The van der Waals surface area contributed by atoms with Gasteiger partial charge in [0.2, 0.25) is 3.79 Å². The van der Waals surface area contributed by atoms with Gasteiger partial charge in [0.1, 0.15) is 18.1 Å². The Balaban J connectivity index is 1.84. The predicted octanol–water partition coefficient (Wildman–Crippen LogP) is 6.11. The summed E-state index contributed by atoms with van der Waals surface area (Å²) in [6.45, 7) is 0.784. The number of piperidine rings is 1. The summed E-state index contributed by atoms with van der Waals surface area (Å²) in [4.78, 5) is 13.9. The second kappa shape index (κ2) is 10.5. The molecule has 0 aliphatic carbocycles. The molecule has 1 amide bonds. The van der Waals surface area contributed by atoms with Crippen molar-refractivity contribution in [1.29, 1.82) is 0 Å². The zero-order valence-corrected chi connectivity index (χ0v) is 19.6.